The van der Waals surface area contributed by atoms with Crippen LogP contribution >= 0.6 is 11.8 Å². The molecule has 0 aliphatic carbocycles. The second kappa shape index (κ2) is 9.42. The molecule has 0 spiro atoms. The summed E-state index contributed by atoms with van der Waals surface area (Å²) in [4.78, 5) is 17.7. The zero-order valence-corrected chi connectivity index (χ0v) is 18.9. The summed E-state index contributed by atoms with van der Waals surface area (Å²) < 4.78 is 16.8. The Balaban J connectivity index is 1.31. The van der Waals surface area contributed by atoms with Crippen LogP contribution in [-0.4, -0.2) is 17.9 Å². The minimum Gasteiger partial charge on any atom is -0.488 e. The summed E-state index contributed by atoms with van der Waals surface area (Å²) >= 11 is 1.32. The van der Waals surface area contributed by atoms with Crippen LogP contribution in [0.5, 0.6) is 17.2 Å². The van der Waals surface area contributed by atoms with Crippen LogP contribution in [0.15, 0.2) is 76.6 Å². The molecule has 7 heteroatoms. The first-order valence-corrected chi connectivity index (χ1v) is 11.5. The standard InChI is InChI=1S/C26H22N2O4S/c1-2-17-7-10-20(11-8-17)27-26-28-25(29)24(33-26)14-19-5-3-4-6-21(19)30-15-18-9-12-22-23(13-18)32-16-31-22/h3-14H,2,15-16H2,1H3,(H,27,28,29)/b24-14-. The molecule has 1 amide bonds. The highest BCUT2D eigenvalue weighted by Crippen LogP contribution is 2.34. The van der Waals surface area contributed by atoms with Crippen molar-refractivity contribution in [3.63, 3.8) is 0 Å². The molecular weight excluding hydrogens is 436 g/mol. The number of ether oxygens (including phenoxy) is 3. The van der Waals surface area contributed by atoms with Crippen LogP contribution in [0.25, 0.3) is 6.08 Å². The molecule has 2 heterocycles. The fourth-order valence-electron chi connectivity index (χ4n) is 3.47. The van der Waals surface area contributed by atoms with Gasteiger partial charge in [-0.1, -0.05) is 43.3 Å². The molecule has 0 atom stereocenters. The average molecular weight is 459 g/mol. The number of nitrogens with zero attached hydrogens (tertiary/aromatic N) is 1. The molecule has 3 aromatic carbocycles. The van der Waals surface area contributed by atoms with E-state index in [2.05, 4.69) is 17.2 Å². The SMILES string of the molecule is CCc1ccc(N=C2NC(=O)/C(=C/c3ccccc3OCc3ccc4c(c3)OCO4)S2)cc1. The number of carbonyl (C=O) groups excluding carboxylic acids is 1. The number of carbonyl (C=O) groups is 1. The van der Waals surface area contributed by atoms with E-state index in [0.29, 0.717) is 22.4 Å². The molecule has 0 saturated carbocycles. The average Bonchev–Trinajstić information content (AvgIpc) is 3.44. The van der Waals surface area contributed by atoms with Crippen molar-refractivity contribution < 1.29 is 19.0 Å². The van der Waals surface area contributed by atoms with Gasteiger partial charge in [0.2, 0.25) is 6.79 Å². The van der Waals surface area contributed by atoms with E-state index in [1.807, 2.05) is 72.8 Å². The zero-order chi connectivity index (χ0) is 22.6. The summed E-state index contributed by atoms with van der Waals surface area (Å²) in [5.41, 5.74) is 3.85. The molecule has 1 fully saturated rings. The number of fused-ring (bicyclic) bond motifs is 1. The molecule has 0 radical (unpaired) electrons. The molecule has 1 N–H and O–H groups in total. The van der Waals surface area contributed by atoms with E-state index in [-0.39, 0.29) is 12.7 Å². The van der Waals surface area contributed by atoms with E-state index in [9.17, 15) is 4.79 Å². The predicted molar refractivity (Wildman–Crippen MR) is 130 cm³/mol. The Bertz CT molecular complexity index is 1250. The lowest BCUT2D eigenvalue weighted by Crippen LogP contribution is -2.19. The lowest BCUT2D eigenvalue weighted by Gasteiger charge is -2.10. The van der Waals surface area contributed by atoms with Crippen molar-refractivity contribution in [1.29, 1.82) is 0 Å². The number of para-hydroxylation sites is 1. The topological polar surface area (TPSA) is 69.2 Å². The molecule has 2 aliphatic rings. The maximum Gasteiger partial charge on any atom is 0.264 e. The van der Waals surface area contributed by atoms with Crippen molar-refractivity contribution in [2.45, 2.75) is 20.0 Å². The predicted octanol–water partition coefficient (Wildman–Crippen LogP) is 5.45. The Morgan fingerprint density at radius 2 is 1.82 bits per heavy atom. The molecule has 2 aliphatic heterocycles. The minimum absolute atomic E-state index is 0.172. The van der Waals surface area contributed by atoms with Crippen molar-refractivity contribution >= 4 is 34.6 Å². The fraction of sp³-hybridized carbons (Fsp3) is 0.154. The number of hydrogen-bond donors (Lipinski definition) is 1. The zero-order valence-electron chi connectivity index (χ0n) is 18.0. The van der Waals surface area contributed by atoms with Gasteiger partial charge in [0.25, 0.3) is 5.91 Å². The lowest BCUT2D eigenvalue weighted by molar-refractivity contribution is -0.115. The Morgan fingerprint density at radius 3 is 2.67 bits per heavy atom. The Hall–Kier alpha value is -3.71. The third-order valence-corrected chi connectivity index (χ3v) is 6.17. The number of rotatable bonds is 6. The van der Waals surface area contributed by atoms with Gasteiger partial charge in [-0.25, -0.2) is 4.99 Å². The summed E-state index contributed by atoms with van der Waals surface area (Å²) in [5.74, 6) is 1.99. The monoisotopic (exact) mass is 458 g/mol. The van der Waals surface area contributed by atoms with E-state index in [1.165, 1.54) is 17.3 Å². The second-order valence-corrected chi connectivity index (χ2v) is 8.55. The van der Waals surface area contributed by atoms with Crippen molar-refractivity contribution in [3.05, 3.63) is 88.3 Å². The van der Waals surface area contributed by atoms with Gasteiger partial charge in [-0.15, -0.1) is 0 Å². The number of nitrogens with one attached hydrogen (secondary N) is 1. The number of hydrogen-bond acceptors (Lipinski definition) is 6. The number of amides is 1. The van der Waals surface area contributed by atoms with Crippen LogP contribution in [0, 0.1) is 0 Å². The molecular formula is C26H22N2O4S. The van der Waals surface area contributed by atoms with Gasteiger partial charge in [0, 0.05) is 5.56 Å². The summed E-state index contributed by atoms with van der Waals surface area (Å²) in [5, 5.41) is 3.41. The number of aliphatic imine (C=N–C) groups is 1. The highest BCUT2D eigenvalue weighted by atomic mass is 32.2. The molecule has 166 valence electrons. The van der Waals surface area contributed by atoms with E-state index < -0.39 is 0 Å². The second-order valence-electron chi connectivity index (χ2n) is 7.52. The molecule has 1 saturated heterocycles. The van der Waals surface area contributed by atoms with E-state index in [1.54, 1.807) is 0 Å². The molecule has 0 aromatic heterocycles. The number of amidine groups is 1. The van der Waals surface area contributed by atoms with Gasteiger partial charge >= 0.3 is 0 Å². The number of aryl methyl sites for hydroxylation is 1. The maximum absolute atomic E-state index is 12.5. The van der Waals surface area contributed by atoms with Crippen LogP contribution < -0.4 is 19.5 Å². The Labute approximate surface area is 196 Å². The van der Waals surface area contributed by atoms with Crippen molar-refractivity contribution in [1.82, 2.24) is 5.32 Å². The van der Waals surface area contributed by atoms with Gasteiger partial charge in [-0.05, 0) is 65.7 Å². The number of benzene rings is 3. The minimum atomic E-state index is -0.172. The highest BCUT2D eigenvalue weighted by molar-refractivity contribution is 8.18. The first-order chi connectivity index (χ1) is 16.2. The van der Waals surface area contributed by atoms with Gasteiger partial charge in [0.1, 0.15) is 12.4 Å². The van der Waals surface area contributed by atoms with Gasteiger partial charge in [0.15, 0.2) is 16.7 Å². The fourth-order valence-corrected chi connectivity index (χ4v) is 4.30. The summed E-state index contributed by atoms with van der Waals surface area (Å²) in [6.45, 7) is 2.73. The highest BCUT2D eigenvalue weighted by Gasteiger charge is 2.24. The lowest BCUT2D eigenvalue weighted by atomic mass is 10.1. The molecule has 33 heavy (non-hydrogen) atoms. The molecule has 0 unspecified atom stereocenters. The van der Waals surface area contributed by atoms with E-state index in [4.69, 9.17) is 14.2 Å². The van der Waals surface area contributed by atoms with Crippen LogP contribution in [0.3, 0.4) is 0 Å². The summed E-state index contributed by atoms with van der Waals surface area (Å²) in [6.07, 6.45) is 2.81. The molecule has 3 aromatic rings. The van der Waals surface area contributed by atoms with Gasteiger partial charge in [-0.2, -0.15) is 0 Å². The van der Waals surface area contributed by atoms with E-state index >= 15 is 0 Å². The Morgan fingerprint density at radius 1 is 1.03 bits per heavy atom. The third-order valence-electron chi connectivity index (χ3n) is 5.26. The molecule has 0 bridgehead atoms. The van der Waals surface area contributed by atoms with Crippen molar-refractivity contribution in [2.75, 3.05) is 6.79 Å². The maximum atomic E-state index is 12.5. The van der Waals surface area contributed by atoms with Crippen molar-refractivity contribution in [3.8, 4) is 17.2 Å². The van der Waals surface area contributed by atoms with Crippen LogP contribution in [0.2, 0.25) is 0 Å². The largest absolute Gasteiger partial charge is 0.488 e. The third kappa shape index (κ3) is 4.88. The normalized spacial score (nSPS) is 16.9. The summed E-state index contributed by atoms with van der Waals surface area (Å²) in [7, 11) is 0. The van der Waals surface area contributed by atoms with Gasteiger partial charge < -0.3 is 19.5 Å². The first-order valence-electron chi connectivity index (χ1n) is 10.7. The van der Waals surface area contributed by atoms with Crippen LogP contribution in [0.4, 0.5) is 5.69 Å². The first kappa shape index (κ1) is 21.2. The number of thioether (sulfide) groups is 1. The Kier molecular flexibility index (Phi) is 6.04. The molecule has 5 rings (SSSR count). The van der Waals surface area contributed by atoms with Crippen LogP contribution in [0.1, 0.15) is 23.6 Å². The quantitative estimate of drug-likeness (QED) is 0.498. The van der Waals surface area contributed by atoms with E-state index in [0.717, 1.165) is 34.7 Å². The van der Waals surface area contributed by atoms with Crippen LogP contribution in [-0.2, 0) is 17.8 Å². The van der Waals surface area contributed by atoms with Gasteiger partial charge in [0.05, 0.1) is 10.6 Å². The van der Waals surface area contributed by atoms with Gasteiger partial charge in [-0.3, -0.25) is 4.79 Å². The molecule has 6 nitrogen and oxygen atoms in total. The van der Waals surface area contributed by atoms with Crippen molar-refractivity contribution in [2.24, 2.45) is 4.99 Å². The smallest absolute Gasteiger partial charge is 0.264 e. The summed E-state index contributed by atoms with van der Waals surface area (Å²) in [6, 6.07) is 21.4.